The number of carbonyl (C=O) groups excluding carboxylic acids is 2. The van der Waals surface area contributed by atoms with Gasteiger partial charge in [-0.15, -0.1) is 11.3 Å². The number of hydrogen-bond acceptors (Lipinski definition) is 6. The van der Waals surface area contributed by atoms with Crippen molar-refractivity contribution in [1.29, 1.82) is 0 Å². The van der Waals surface area contributed by atoms with Gasteiger partial charge in [-0.1, -0.05) is 31.0 Å². The van der Waals surface area contributed by atoms with Crippen molar-refractivity contribution < 1.29 is 19.1 Å². The van der Waals surface area contributed by atoms with Gasteiger partial charge in [0, 0.05) is 16.8 Å². The van der Waals surface area contributed by atoms with E-state index in [0.717, 1.165) is 47.5 Å². The molecule has 1 aliphatic carbocycles. The van der Waals surface area contributed by atoms with Crippen LogP contribution in [0, 0.1) is 0 Å². The molecule has 0 spiro atoms. The molecule has 0 aliphatic heterocycles. The van der Waals surface area contributed by atoms with Crippen LogP contribution in [0.25, 0.3) is 0 Å². The highest BCUT2D eigenvalue weighted by Crippen LogP contribution is 2.39. The number of hydrogen-bond donors (Lipinski definition) is 1. The molecular formula is C28H29BrN2O4S. The van der Waals surface area contributed by atoms with Crippen LogP contribution in [0.1, 0.15) is 59.0 Å². The molecule has 1 heterocycles. The SMILES string of the molecule is CCOC(=O)COc1ccc(C=Nc2sc3c(c2C(=O)Nc2ccccc2)CCCCCC3)cc1Br. The number of amides is 1. The maximum atomic E-state index is 13.4. The molecule has 1 aromatic heterocycles. The highest BCUT2D eigenvalue weighted by Gasteiger charge is 2.24. The summed E-state index contributed by atoms with van der Waals surface area (Å²) in [7, 11) is 0. The number of anilines is 1. The van der Waals surface area contributed by atoms with Gasteiger partial charge in [-0.25, -0.2) is 9.79 Å². The van der Waals surface area contributed by atoms with Gasteiger partial charge in [-0.05, 0) is 90.0 Å². The van der Waals surface area contributed by atoms with Crippen molar-refractivity contribution in [2.45, 2.75) is 45.4 Å². The predicted octanol–water partition coefficient (Wildman–Crippen LogP) is 7.11. The number of thiophene rings is 1. The van der Waals surface area contributed by atoms with Crippen LogP contribution in [-0.2, 0) is 22.4 Å². The maximum Gasteiger partial charge on any atom is 0.344 e. The van der Waals surface area contributed by atoms with Gasteiger partial charge in [-0.3, -0.25) is 4.79 Å². The molecule has 0 unspecified atom stereocenters. The Kier molecular flexibility index (Phi) is 9.30. The van der Waals surface area contributed by atoms with Crippen LogP contribution >= 0.6 is 27.3 Å². The first-order valence-electron chi connectivity index (χ1n) is 12.2. The average molecular weight is 570 g/mol. The van der Waals surface area contributed by atoms with Crippen LogP contribution in [0.4, 0.5) is 10.7 Å². The van der Waals surface area contributed by atoms with Crippen LogP contribution in [0.3, 0.4) is 0 Å². The molecule has 1 aliphatic rings. The van der Waals surface area contributed by atoms with Gasteiger partial charge in [0.1, 0.15) is 10.8 Å². The molecule has 36 heavy (non-hydrogen) atoms. The number of para-hydroxylation sites is 1. The minimum atomic E-state index is -0.412. The maximum absolute atomic E-state index is 13.4. The topological polar surface area (TPSA) is 77.0 Å². The molecule has 0 saturated heterocycles. The van der Waals surface area contributed by atoms with Crippen LogP contribution < -0.4 is 10.1 Å². The molecular weight excluding hydrogens is 540 g/mol. The molecule has 6 nitrogen and oxygen atoms in total. The number of fused-ring (bicyclic) bond motifs is 1. The van der Waals surface area contributed by atoms with E-state index in [1.807, 2.05) is 42.5 Å². The molecule has 2 aromatic carbocycles. The molecule has 8 heteroatoms. The second-order valence-electron chi connectivity index (χ2n) is 8.46. The standard InChI is InChI=1S/C28H29BrN2O4S/c1-2-34-25(32)18-35-23-15-14-19(16-22(23)29)17-30-28-26(27(33)31-20-10-6-5-7-11-20)21-12-8-3-4-9-13-24(21)36-28/h5-7,10-11,14-17H,2-4,8-9,12-13,18H2,1H3,(H,31,33). The fraction of sp³-hybridized carbons (Fsp3) is 0.321. The summed E-state index contributed by atoms with van der Waals surface area (Å²) in [5.74, 6) is 0.0159. The van der Waals surface area contributed by atoms with E-state index in [1.54, 1.807) is 30.5 Å². The Morgan fingerprint density at radius 3 is 2.61 bits per heavy atom. The van der Waals surface area contributed by atoms with Crippen molar-refractivity contribution in [1.82, 2.24) is 0 Å². The number of nitrogens with one attached hydrogen (secondary N) is 1. The van der Waals surface area contributed by atoms with E-state index in [1.165, 1.54) is 17.7 Å². The van der Waals surface area contributed by atoms with E-state index < -0.39 is 5.97 Å². The van der Waals surface area contributed by atoms with E-state index in [2.05, 4.69) is 21.2 Å². The second-order valence-corrected chi connectivity index (χ2v) is 10.4. The third-order valence-electron chi connectivity index (χ3n) is 5.85. The minimum absolute atomic E-state index is 0.115. The summed E-state index contributed by atoms with van der Waals surface area (Å²) in [5.41, 5.74) is 3.45. The lowest BCUT2D eigenvalue weighted by atomic mass is 9.96. The molecule has 0 atom stereocenters. The highest BCUT2D eigenvalue weighted by atomic mass is 79.9. The van der Waals surface area contributed by atoms with Gasteiger partial charge in [-0.2, -0.15) is 0 Å². The monoisotopic (exact) mass is 568 g/mol. The number of rotatable bonds is 8. The van der Waals surface area contributed by atoms with E-state index >= 15 is 0 Å². The Morgan fingerprint density at radius 2 is 1.86 bits per heavy atom. The van der Waals surface area contributed by atoms with Crippen molar-refractivity contribution in [2.24, 2.45) is 4.99 Å². The number of nitrogens with zero attached hydrogens (tertiary/aromatic N) is 1. The summed E-state index contributed by atoms with van der Waals surface area (Å²) in [5, 5.41) is 3.78. The normalized spacial score (nSPS) is 13.5. The number of aryl methyl sites for hydroxylation is 1. The Labute approximate surface area is 223 Å². The van der Waals surface area contributed by atoms with E-state index in [-0.39, 0.29) is 12.5 Å². The molecule has 188 valence electrons. The number of carbonyl (C=O) groups is 2. The van der Waals surface area contributed by atoms with E-state index in [9.17, 15) is 9.59 Å². The van der Waals surface area contributed by atoms with Gasteiger partial charge < -0.3 is 14.8 Å². The van der Waals surface area contributed by atoms with Gasteiger partial charge in [0.15, 0.2) is 6.61 Å². The van der Waals surface area contributed by atoms with Crippen molar-refractivity contribution in [3.8, 4) is 5.75 Å². The third kappa shape index (κ3) is 6.83. The highest BCUT2D eigenvalue weighted by molar-refractivity contribution is 9.10. The molecule has 1 N–H and O–H groups in total. The number of aliphatic imine (C=N–C) groups is 1. The van der Waals surface area contributed by atoms with E-state index in [0.29, 0.717) is 22.4 Å². The lowest BCUT2D eigenvalue weighted by Gasteiger charge is -2.12. The van der Waals surface area contributed by atoms with Crippen LogP contribution in [0.2, 0.25) is 0 Å². The van der Waals surface area contributed by atoms with Gasteiger partial charge in [0.2, 0.25) is 0 Å². The van der Waals surface area contributed by atoms with Crippen LogP contribution in [0.15, 0.2) is 58.0 Å². The summed E-state index contributed by atoms with van der Waals surface area (Å²) in [4.78, 5) is 31.0. The summed E-state index contributed by atoms with van der Waals surface area (Å²) < 4.78 is 11.1. The number of benzene rings is 2. The molecule has 1 amide bonds. The van der Waals surface area contributed by atoms with Crippen molar-refractivity contribution >= 4 is 56.0 Å². The summed E-state index contributed by atoms with van der Waals surface area (Å²) in [6.07, 6.45) is 8.27. The summed E-state index contributed by atoms with van der Waals surface area (Å²) in [6, 6.07) is 15.0. The molecule has 3 aromatic rings. The average Bonchev–Trinajstić information content (AvgIpc) is 3.19. The van der Waals surface area contributed by atoms with Gasteiger partial charge >= 0.3 is 5.97 Å². The second kappa shape index (κ2) is 12.8. The lowest BCUT2D eigenvalue weighted by Crippen LogP contribution is -2.14. The zero-order valence-electron chi connectivity index (χ0n) is 20.2. The van der Waals surface area contributed by atoms with Crippen LogP contribution in [0.5, 0.6) is 5.75 Å². The number of esters is 1. The van der Waals surface area contributed by atoms with Crippen LogP contribution in [-0.4, -0.2) is 31.3 Å². The zero-order valence-corrected chi connectivity index (χ0v) is 22.6. The Bertz CT molecular complexity index is 1240. The van der Waals surface area contributed by atoms with Crippen molar-refractivity contribution in [3.05, 3.63) is 74.6 Å². The number of ether oxygens (including phenoxy) is 2. The Hall–Kier alpha value is -2.97. The quantitative estimate of drug-likeness (QED) is 0.232. The first kappa shape index (κ1) is 26.1. The largest absolute Gasteiger partial charge is 0.481 e. The van der Waals surface area contributed by atoms with Gasteiger partial charge in [0.25, 0.3) is 5.91 Å². The minimum Gasteiger partial charge on any atom is -0.481 e. The zero-order chi connectivity index (χ0) is 25.3. The smallest absolute Gasteiger partial charge is 0.344 e. The number of halogens is 1. The first-order chi connectivity index (χ1) is 17.5. The Morgan fingerprint density at radius 1 is 1.08 bits per heavy atom. The first-order valence-corrected chi connectivity index (χ1v) is 13.8. The molecule has 0 radical (unpaired) electrons. The molecule has 0 saturated carbocycles. The fourth-order valence-electron chi connectivity index (χ4n) is 4.13. The van der Waals surface area contributed by atoms with Gasteiger partial charge in [0.05, 0.1) is 16.6 Å². The van der Waals surface area contributed by atoms with Crippen molar-refractivity contribution in [3.63, 3.8) is 0 Å². The summed E-state index contributed by atoms with van der Waals surface area (Å²) in [6.45, 7) is 1.92. The van der Waals surface area contributed by atoms with E-state index in [4.69, 9.17) is 14.5 Å². The predicted molar refractivity (Wildman–Crippen MR) is 148 cm³/mol. The molecule has 0 bridgehead atoms. The fourth-order valence-corrected chi connectivity index (χ4v) is 5.87. The molecule has 4 rings (SSSR count). The Balaban J connectivity index is 1.58. The summed E-state index contributed by atoms with van der Waals surface area (Å²) >= 11 is 5.12. The molecule has 0 fully saturated rings. The lowest BCUT2D eigenvalue weighted by molar-refractivity contribution is -0.145. The van der Waals surface area contributed by atoms with Crippen molar-refractivity contribution in [2.75, 3.05) is 18.5 Å². The third-order valence-corrected chi connectivity index (χ3v) is 7.67.